The van der Waals surface area contributed by atoms with Crippen molar-refractivity contribution >= 4 is 8.03 Å². The number of hydrogen-bond donors (Lipinski definition) is 1. The molecule has 2 N–H and O–H groups in total. The van der Waals surface area contributed by atoms with Gasteiger partial charge in [-0.05, 0) is 24.0 Å². The Labute approximate surface area is 69.2 Å². The van der Waals surface area contributed by atoms with Crippen LogP contribution in [0.2, 0.25) is 0 Å². The van der Waals surface area contributed by atoms with Gasteiger partial charge in [-0.15, -0.1) is 4.52 Å². The highest BCUT2D eigenvalue weighted by Crippen LogP contribution is 2.23. The molecule has 1 unspecified atom stereocenters. The first-order chi connectivity index (χ1) is 5.31. The molecule has 0 heterocycles. The maximum atomic E-state index is 11.0. The summed E-state index contributed by atoms with van der Waals surface area (Å²) in [5, 5.41) is 0. The van der Waals surface area contributed by atoms with Crippen molar-refractivity contribution in [1.82, 2.24) is 0 Å². The highest BCUT2D eigenvalue weighted by Gasteiger charge is 2.14. The normalized spacial score (nSPS) is 11.6. The highest BCUT2D eigenvalue weighted by atomic mass is 31.1. The molecule has 4 heteroatoms. The Morgan fingerprint density at radius 3 is 2.73 bits per heavy atom. The van der Waals surface area contributed by atoms with Crippen LogP contribution in [0.3, 0.4) is 0 Å². The van der Waals surface area contributed by atoms with E-state index in [1.165, 1.54) is 0 Å². The second-order valence-corrected chi connectivity index (χ2v) is 3.76. The van der Waals surface area contributed by atoms with Crippen LogP contribution in [-0.4, -0.2) is 19.3 Å². The Bertz CT molecular complexity index is 109. The number of rotatable bonds is 7. The molecule has 0 fully saturated rings. The van der Waals surface area contributed by atoms with E-state index in [1.54, 1.807) is 0 Å². The lowest BCUT2D eigenvalue weighted by Crippen LogP contribution is -2.01. The van der Waals surface area contributed by atoms with Gasteiger partial charge in [-0.25, -0.2) is 0 Å². The minimum atomic E-state index is -1.40. The van der Waals surface area contributed by atoms with E-state index in [1.807, 2.05) is 0 Å². The van der Waals surface area contributed by atoms with Gasteiger partial charge in [0.05, 0.1) is 0 Å². The van der Waals surface area contributed by atoms with Crippen molar-refractivity contribution in [3.63, 3.8) is 0 Å². The van der Waals surface area contributed by atoms with Crippen LogP contribution >= 0.6 is 8.03 Å². The fourth-order valence-corrected chi connectivity index (χ4v) is 1.64. The zero-order chi connectivity index (χ0) is 8.53. The predicted molar refractivity (Wildman–Crippen MR) is 47.0 cm³/mol. The molecule has 0 radical (unpaired) electrons. The standard InChI is InChI=1S/C7H17NO2P/c1-2-3-7-11(9)10-6-4-5-8/h2-8H2,1H3/q+1. The van der Waals surface area contributed by atoms with E-state index in [-0.39, 0.29) is 0 Å². The van der Waals surface area contributed by atoms with Crippen molar-refractivity contribution in [1.29, 1.82) is 0 Å². The summed E-state index contributed by atoms with van der Waals surface area (Å²) in [6, 6.07) is 0. The van der Waals surface area contributed by atoms with Crippen molar-refractivity contribution < 1.29 is 9.09 Å². The van der Waals surface area contributed by atoms with Crippen molar-refractivity contribution in [2.45, 2.75) is 26.2 Å². The van der Waals surface area contributed by atoms with Crippen LogP contribution in [-0.2, 0) is 9.09 Å². The summed E-state index contributed by atoms with van der Waals surface area (Å²) in [6.07, 6.45) is 3.54. The summed E-state index contributed by atoms with van der Waals surface area (Å²) in [5.41, 5.74) is 5.24. The molecule has 0 saturated carbocycles. The van der Waals surface area contributed by atoms with E-state index in [0.717, 1.165) is 19.3 Å². The van der Waals surface area contributed by atoms with Crippen molar-refractivity contribution in [2.75, 3.05) is 19.3 Å². The Morgan fingerprint density at radius 1 is 1.45 bits per heavy atom. The summed E-state index contributed by atoms with van der Waals surface area (Å²) >= 11 is 0. The lowest BCUT2D eigenvalue weighted by atomic mass is 10.4. The lowest BCUT2D eigenvalue weighted by Gasteiger charge is -1.89. The third kappa shape index (κ3) is 7.92. The van der Waals surface area contributed by atoms with Crippen LogP contribution in [0.25, 0.3) is 0 Å². The third-order valence-corrected chi connectivity index (χ3v) is 2.43. The summed E-state index contributed by atoms with van der Waals surface area (Å²) < 4.78 is 16.0. The van der Waals surface area contributed by atoms with Gasteiger partial charge in [0.1, 0.15) is 6.61 Å². The Balaban J connectivity index is 3.09. The van der Waals surface area contributed by atoms with Gasteiger partial charge in [-0.3, -0.25) is 0 Å². The van der Waals surface area contributed by atoms with E-state index >= 15 is 0 Å². The summed E-state index contributed by atoms with van der Waals surface area (Å²) in [5.74, 6) is 0. The molecule has 0 aromatic rings. The Morgan fingerprint density at radius 2 is 2.18 bits per heavy atom. The van der Waals surface area contributed by atoms with Crippen LogP contribution < -0.4 is 5.73 Å². The molecular formula is C7H17NO2P+. The molecule has 0 saturated heterocycles. The Hall–Kier alpha value is 0.0200. The topological polar surface area (TPSA) is 52.3 Å². The van der Waals surface area contributed by atoms with E-state index in [0.29, 0.717) is 19.3 Å². The first kappa shape index (κ1) is 11.0. The smallest absolute Gasteiger partial charge is 0.330 e. The molecular weight excluding hydrogens is 161 g/mol. The maximum absolute atomic E-state index is 11.0. The second-order valence-electron chi connectivity index (χ2n) is 2.39. The molecule has 0 aromatic carbocycles. The highest BCUT2D eigenvalue weighted by molar-refractivity contribution is 7.39. The first-order valence-electron chi connectivity index (χ1n) is 4.09. The minimum Gasteiger partial charge on any atom is -0.330 e. The zero-order valence-corrected chi connectivity index (χ0v) is 7.98. The molecule has 66 valence electrons. The molecule has 0 aromatic heterocycles. The molecule has 0 aliphatic heterocycles. The van der Waals surface area contributed by atoms with Crippen LogP contribution in [0.15, 0.2) is 0 Å². The fourth-order valence-electron chi connectivity index (χ4n) is 0.601. The van der Waals surface area contributed by atoms with Gasteiger partial charge in [-0.1, -0.05) is 13.3 Å². The molecule has 0 amide bonds. The van der Waals surface area contributed by atoms with Crippen molar-refractivity contribution in [3.8, 4) is 0 Å². The Kier molecular flexibility index (Phi) is 8.13. The summed E-state index contributed by atoms with van der Waals surface area (Å²) in [4.78, 5) is 0. The maximum Gasteiger partial charge on any atom is 0.508 e. The minimum absolute atomic E-state index is 0.537. The van der Waals surface area contributed by atoms with Crippen LogP contribution in [0.5, 0.6) is 0 Å². The van der Waals surface area contributed by atoms with Gasteiger partial charge in [0.15, 0.2) is 6.16 Å². The second kappa shape index (κ2) is 8.12. The summed E-state index contributed by atoms with van der Waals surface area (Å²) in [7, 11) is -1.40. The van der Waals surface area contributed by atoms with E-state index < -0.39 is 8.03 Å². The largest absolute Gasteiger partial charge is 0.508 e. The fraction of sp³-hybridized carbons (Fsp3) is 1.00. The molecule has 0 aliphatic carbocycles. The number of unbranched alkanes of at least 4 members (excludes halogenated alkanes) is 1. The van der Waals surface area contributed by atoms with Crippen molar-refractivity contribution in [2.24, 2.45) is 5.73 Å². The lowest BCUT2D eigenvalue weighted by molar-refractivity contribution is 0.324. The van der Waals surface area contributed by atoms with E-state index in [2.05, 4.69) is 6.92 Å². The average Bonchev–Trinajstić information content (AvgIpc) is 2.01. The molecule has 0 bridgehead atoms. The third-order valence-electron chi connectivity index (χ3n) is 1.28. The van der Waals surface area contributed by atoms with Crippen molar-refractivity contribution in [3.05, 3.63) is 0 Å². The zero-order valence-electron chi connectivity index (χ0n) is 7.08. The molecule has 3 nitrogen and oxygen atoms in total. The van der Waals surface area contributed by atoms with E-state index in [4.69, 9.17) is 10.3 Å². The van der Waals surface area contributed by atoms with Crippen LogP contribution in [0.4, 0.5) is 0 Å². The van der Waals surface area contributed by atoms with Gasteiger partial charge >= 0.3 is 8.03 Å². The molecule has 1 atom stereocenters. The number of nitrogens with two attached hydrogens (primary N) is 1. The van der Waals surface area contributed by atoms with Gasteiger partial charge in [0.2, 0.25) is 0 Å². The molecule has 0 aliphatic rings. The first-order valence-corrected chi connectivity index (χ1v) is 5.45. The predicted octanol–water partition coefficient (Wildman–Crippen LogP) is 1.89. The molecule has 0 rings (SSSR count). The monoisotopic (exact) mass is 178 g/mol. The average molecular weight is 178 g/mol. The molecule has 11 heavy (non-hydrogen) atoms. The number of hydrogen-bond acceptors (Lipinski definition) is 3. The van der Waals surface area contributed by atoms with E-state index in [9.17, 15) is 4.57 Å². The summed E-state index contributed by atoms with van der Waals surface area (Å²) in [6.45, 7) is 3.22. The van der Waals surface area contributed by atoms with Gasteiger partial charge in [0, 0.05) is 0 Å². The van der Waals surface area contributed by atoms with Gasteiger partial charge < -0.3 is 5.73 Å². The van der Waals surface area contributed by atoms with Gasteiger partial charge in [0.25, 0.3) is 0 Å². The van der Waals surface area contributed by atoms with Crippen LogP contribution in [0, 0.1) is 0 Å². The quantitative estimate of drug-likeness (QED) is 0.478. The van der Waals surface area contributed by atoms with Gasteiger partial charge in [-0.2, -0.15) is 0 Å². The SMILES string of the molecule is CCCC[P+](=O)OCCCN. The molecule has 0 spiro atoms. The van der Waals surface area contributed by atoms with Crippen LogP contribution in [0.1, 0.15) is 26.2 Å².